The van der Waals surface area contributed by atoms with Crippen molar-refractivity contribution in [2.45, 2.75) is 4.90 Å². The number of nitrogens with zero attached hydrogens (tertiary/aromatic N) is 1. The normalized spacial score (nSPS) is 11.7. The Kier molecular flexibility index (Phi) is 4.45. The summed E-state index contributed by atoms with van der Waals surface area (Å²) in [5.41, 5.74) is 4.52. The summed E-state index contributed by atoms with van der Waals surface area (Å²) in [4.78, 5) is 0.0617. The Morgan fingerprint density at radius 3 is 2.33 bits per heavy atom. The first-order valence-corrected chi connectivity index (χ1v) is 8.64. The second-order valence-electron chi connectivity index (χ2n) is 5.01. The van der Waals surface area contributed by atoms with Crippen molar-refractivity contribution in [1.29, 1.82) is 0 Å². The topological polar surface area (TPSA) is 97.7 Å². The molecule has 0 aliphatic rings. The average Bonchev–Trinajstić information content (AvgIpc) is 3.04. The lowest BCUT2D eigenvalue weighted by atomic mass is 10.2. The van der Waals surface area contributed by atoms with Gasteiger partial charge in [0.1, 0.15) is 11.5 Å². The van der Waals surface area contributed by atoms with Crippen LogP contribution in [0.3, 0.4) is 0 Å². The van der Waals surface area contributed by atoms with Crippen LogP contribution in [0.2, 0.25) is 0 Å². The van der Waals surface area contributed by atoms with Crippen molar-refractivity contribution in [2.24, 2.45) is 10.2 Å². The second kappa shape index (κ2) is 6.69. The Bertz CT molecular complexity index is 946. The van der Waals surface area contributed by atoms with E-state index in [0.717, 1.165) is 11.3 Å². The Balaban J connectivity index is 1.71. The minimum atomic E-state index is -3.69. The van der Waals surface area contributed by atoms with Crippen molar-refractivity contribution in [2.75, 3.05) is 5.43 Å². The summed E-state index contributed by atoms with van der Waals surface area (Å²) in [6.45, 7) is 0. The molecule has 0 fully saturated rings. The molecule has 0 atom stereocenters. The lowest BCUT2D eigenvalue weighted by Gasteiger charge is -2.00. The molecule has 1 aromatic heterocycles. The number of hydrazone groups is 1. The Labute approximate surface area is 139 Å². The van der Waals surface area contributed by atoms with Crippen LogP contribution in [0.5, 0.6) is 0 Å². The highest BCUT2D eigenvalue weighted by atomic mass is 32.2. The lowest BCUT2D eigenvalue weighted by Crippen LogP contribution is -2.11. The summed E-state index contributed by atoms with van der Waals surface area (Å²) >= 11 is 0. The molecule has 0 unspecified atom stereocenters. The molecule has 3 rings (SSSR count). The van der Waals surface area contributed by atoms with Crippen molar-refractivity contribution in [3.05, 3.63) is 72.5 Å². The number of sulfonamides is 1. The van der Waals surface area contributed by atoms with Crippen LogP contribution < -0.4 is 10.6 Å². The Hall–Kier alpha value is -2.90. The number of nitrogens with two attached hydrogens (primary N) is 1. The van der Waals surface area contributed by atoms with E-state index in [-0.39, 0.29) is 4.90 Å². The van der Waals surface area contributed by atoms with Crippen LogP contribution in [-0.4, -0.2) is 14.6 Å². The first-order chi connectivity index (χ1) is 11.5. The first-order valence-electron chi connectivity index (χ1n) is 7.09. The zero-order chi connectivity index (χ0) is 17.0. The number of nitrogens with one attached hydrogen (secondary N) is 1. The average molecular weight is 341 g/mol. The first kappa shape index (κ1) is 16.0. The Morgan fingerprint density at radius 1 is 0.958 bits per heavy atom. The van der Waals surface area contributed by atoms with E-state index in [1.165, 1.54) is 12.1 Å². The summed E-state index contributed by atoms with van der Waals surface area (Å²) in [6, 6.07) is 19.3. The van der Waals surface area contributed by atoms with Crippen LogP contribution in [0.25, 0.3) is 11.3 Å². The highest BCUT2D eigenvalue weighted by molar-refractivity contribution is 7.89. The largest absolute Gasteiger partial charge is 0.455 e. The number of rotatable bonds is 5. The summed E-state index contributed by atoms with van der Waals surface area (Å²) in [6.07, 6.45) is 1.56. The number of hydrogen-bond acceptors (Lipinski definition) is 5. The molecular formula is C17H15N3O3S. The molecule has 0 amide bonds. The summed E-state index contributed by atoms with van der Waals surface area (Å²) in [5, 5.41) is 9.18. The second-order valence-corrected chi connectivity index (χ2v) is 6.57. The van der Waals surface area contributed by atoms with Crippen LogP contribution in [0.1, 0.15) is 5.76 Å². The predicted molar refractivity (Wildman–Crippen MR) is 93.2 cm³/mol. The van der Waals surface area contributed by atoms with E-state index in [4.69, 9.17) is 9.56 Å². The molecule has 7 heteroatoms. The molecule has 0 radical (unpaired) electrons. The van der Waals surface area contributed by atoms with Crippen LogP contribution in [0.4, 0.5) is 5.69 Å². The number of anilines is 1. The van der Waals surface area contributed by atoms with Gasteiger partial charge in [0.05, 0.1) is 16.8 Å². The minimum Gasteiger partial charge on any atom is -0.455 e. The maximum atomic E-state index is 11.2. The lowest BCUT2D eigenvalue weighted by molar-refractivity contribution is 0.575. The van der Waals surface area contributed by atoms with Gasteiger partial charge in [0, 0.05) is 5.56 Å². The van der Waals surface area contributed by atoms with E-state index in [1.54, 1.807) is 30.5 Å². The van der Waals surface area contributed by atoms with Gasteiger partial charge >= 0.3 is 0 Å². The van der Waals surface area contributed by atoms with Crippen LogP contribution in [0, 0.1) is 0 Å². The molecule has 0 saturated heterocycles. The third-order valence-electron chi connectivity index (χ3n) is 3.25. The smallest absolute Gasteiger partial charge is 0.238 e. The minimum absolute atomic E-state index is 0.0617. The zero-order valence-corrected chi connectivity index (χ0v) is 13.4. The van der Waals surface area contributed by atoms with Gasteiger partial charge in [0.25, 0.3) is 0 Å². The summed E-state index contributed by atoms with van der Waals surface area (Å²) in [7, 11) is -3.69. The molecule has 0 spiro atoms. The van der Waals surface area contributed by atoms with Crippen LogP contribution >= 0.6 is 0 Å². The monoisotopic (exact) mass is 341 g/mol. The van der Waals surface area contributed by atoms with E-state index < -0.39 is 10.0 Å². The fourth-order valence-electron chi connectivity index (χ4n) is 2.07. The molecule has 0 saturated carbocycles. The van der Waals surface area contributed by atoms with Gasteiger partial charge in [-0.2, -0.15) is 5.10 Å². The fourth-order valence-corrected chi connectivity index (χ4v) is 2.58. The summed E-state index contributed by atoms with van der Waals surface area (Å²) in [5.74, 6) is 1.18. The number of primary sulfonamides is 1. The molecule has 122 valence electrons. The maximum absolute atomic E-state index is 11.2. The molecule has 0 bridgehead atoms. The summed E-state index contributed by atoms with van der Waals surface area (Å²) < 4.78 is 28.2. The quantitative estimate of drug-likeness (QED) is 0.550. The van der Waals surface area contributed by atoms with Crippen molar-refractivity contribution in [1.82, 2.24) is 0 Å². The molecule has 0 aliphatic heterocycles. The van der Waals surface area contributed by atoms with Gasteiger partial charge in [-0.15, -0.1) is 0 Å². The predicted octanol–water partition coefficient (Wildman–Crippen LogP) is 3.04. The van der Waals surface area contributed by atoms with Gasteiger partial charge in [-0.25, -0.2) is 13.6 Å². The van der Waals surface area contributed by atoms with Crippen LogP contribution in [-0.2, 0) is 10.0 Å². The van der Waals surface area contributed by atoms with E-state index in [0.29, 0.717) is 11.5 Å². The number of furan rings is 1. The van der Waals surface area contributed by atoms with Gasteiger partial charge in [-0.3, -0.25) is 5.43 Å². The van der Waals surface area contributed by atoms with Gasteiger partial charge in [0.15, 0.2) is 0 Å². The van der Waals surface area contributed by atoms with Gasteiger partial charge in [-0.05, 0) is 48.5 Å². The number of hydrogen-bond donors (Lipinski definition) is 2. The van der Waals surface area contributed by atoms with E-state index in [9.17, 15) is 8.42 Å². The van der Waals surface area contributed by atoms with Crippen molar-refractivity contribution in [3.8, 4) is 11.3 Å². The fraction of sp³-hybridized carbons (Fsp3) is 0. The molecular weight excluding hydrogens is 326 g/mol. The van der Waals surface area contributed by atoms with Crippen LogP contribution in [0.15, 0.2) is 81.1 Å². The van der Waals surface area contributed by atoms with Crippen molar-refractivity contribution in [3.63, 3.8) is 0 Å². The molecule has 24 heavy (non-hydrogen) atoms. The third kappa shape index (κ3) is 3.89. The SMILES string of the molecule is NS(=O)(=O)c1ccc(-c2ccc(C=NNc3ccccc3)o2)cc1. The van der Waals surface area contributed by atoms with Gasteiger partial charge in [0.2, 0.25) is 10.0 Å². The standard InChI is InChI=1S/C17H15N3O3S/c18-24(21,22)16-9-6-13(7-10-16)17-11-8-15(23-17)12-19-20-14-4-2-1-3-5-14/h1-12,20H,(H2,18,21,22). The van der Waals surface area contributed by atoms with E-state index >= 15 is 0 Å². The van der Waals surface area contributed by atoms with Gasteiger partial charge in [-0.1, -0.05) is 18.2 Å². The molecule has 0 aliphatic carbocycles. The van der Waals surface area contributed by atoms with Crippen molar-refractivity contribution < 1.29 is 12.8 Å². The van der Waals surface area contributed by atoms with E-state index in [2.05, 4.69) is 10.5 Å². The molecule has 6 nitrogen and oxygen atoms in total. The van der Waals surface area contributed by atoms with Crippen molar-refractivity contribution >= 4 is 21.9 Å². The zero-order valence-electron chi connectivity index (χ0n) is 12.6. The maximum Gasteiger partial charge on any atom is 0.238 e. The highest BCUT2D eigenvalue weighted by Crippen LogP contribution is 2.23. The van der Waals surface area contributed by atoms with E-state index in [1.807, 2.05) is 30.3 Å². The molecule has 2 aromatic carbocycles. The third-order valence-corrected chi connectivity index (χ3v) is 4.18. The molecule has 3 aromatic rings. The van der Waals surface area contributed by atoms with Gasteiger partial charge < -0.3 is 4.42 Å². The molecule has 3 N–H and O–H groups in total. The molecule has 1 heterocycles. The highest BCUT2D eigenvalue weighted by Gasteiger charge is 2.09. The number of benzene rings is 2. The Morgan fingerprint density at radius 2 is 1.67 bits per heavy atom. The number of para-hydroxylation sites is 1.